The first-order valence-corrected chi connectivity index (χ1v) is 7.39. The van der Waals surface area contributed by atoms with Gasteiger partial charge in [-0.2, -0.15) is 0 Å². The fraction of sp³-hybridized carbons (Fsp3) is 0.769. The standard InChI is InChI=1S/C13H21N3S/c1-10-2-3-13(6-10)4-5-16(9-13)8-11-7-15-12(14)17-11/h7,10H,2-6,8-9H2,1H3,(H2,14,15). The average molecular weight is 251 g/mol. The van der Waals surface area contributed by atoms with E-state index in [0.29, 0.717) is 10.5 Å². The molecule has 3 nitrogen and oxygen atoms in total. The second-order valence-corrected chi connectivity index (χ2v) is 7.12. The second-order valence-electron chi connectivity index (χ2n) is 5.97. The Morgan fingerprint density at radius 2 is 2.47 bits per heavy atom. The largest absolute Gasteiger partial charge is 0.375 e. The first kappa shape index (κ1) is 11.5. The van der Waals surface area contributed by atoms with Gasteiger partial charge in [-0.3, -0.25) is 4.90 Å². The number of nitrogens with two attached hydrogens (primary N) is 1. The molecule has 0 radical (unpaired) electrons. The van der Waals surface area contributed by atoms with E-state index in [4.69, 9.17) is 5.73 Å². The lowest BCUT2D eigenvalue weighted by Crippen LogP contribution is -2.24. The van der Waals surface area contributed by atoms with Gasteiger partial charge in [-0.1, -0.05) is 13.3 Å². The van der Waals surface area contributed by atoms with Crippen LogP contribution in [0, 0.1) is 11.3 Å². The van der Waals surface area contributed by atoms with Crippen LogP contribution < -0.4 is 5.73 Å². The average Bonchev–Trinajstić information content (AvgIpc) is 2.94. The van der Waals surface area contributed by atoms with Crippen molar-refractivity contribution in [1.29, 1.82) is 0 Å². The molecule has 0 bridgehead atoms. The van der Waals surface area contributed by atoms with Crippen LogP contribution in [0.2, 0.25) is 0 Å². The molecule has 4 heteroatoms. The summed E-state index contributed by atoms with van der Waals surface area (Å²) in [6.07, 6.45) is 7.64. The third-order valence-electron chi connectivity index (χ3n) is 4.42. The van der Waals surface area contributed by atoms with Crippen LogP contribution in [-0.4, -0.2) is 23.0 Å². The number of nitrogen functional groups attached to an aromatic ring is 1. The van der Waals surface area contributed by atoms with Crippen LogP contribution in [0.15, 0.2) is 6.20 Å². The monoisotopic (exact) mass is 251 g/mol. The van der Waals surface area contributed by atoms with Crippen LogP contribution in [0.3, 0.4) is 0 Å². The summed E-state index contributed by atoms with van der Waals surface area (Å²) in [5.41, 5.74) is 6.32. The van der Waals surface area contributed by atoms with Crippen LogP contribution in [0.5, 0.6) is 0 Å². The van der Waals surface area contributed by atoms with Gasteiger partial charge in [0.05, 0.1) is 0 Å². The first-order chi connectivity index (χ1) is 8.15. The van der Waals surface area contributed by atoms with Gasteiger partial charge in [0.15, 0.2) is 5.13 Å². The molecule has 0 aromatic carbocycles. The van der Waals surface area contributed by atoms with Gasteiger partial charge in [-0.05, 0) is 37.1 Å². The Hall–Kier alpha value is -0.610. The molecule has 2 heterocycles. The van der Waals surface area contributed by atoms with E-state index in [0.717, 1.165) is 12.5 Å². The first-order valence-electron chi connectivity index (χ1n) is 6.58. The third kappa shape index (κ3) is 2.33. The van der Waals surface area contributed by atoms with Crippen molar-refractivity contribution in [2.24, 2.45) is 11.3 Å². The molecule has 1 aliphatic heterocycles. The highest BCUT2D eigenvalue weighted by atomic mass is 32.1. The molecule has 1 saturated heterocycles. The number of nitrogens with zero attached hydrogens (tertiary/aromatic N) is 2. The van der Waals surface area contributed by atoms with Crippen molar-refractivity contribution < 1.29 is 0 Å². The van der Waals surface area contributed by atoms with Crippen molar-refractivity contribution in [1.82, 2.24) is 9.88 Å². The summed E-state index contributed by atoms with van der Waals surface area (Å²) in [5, 5.41) is 0.698. The van der Waals surface area contributed by atoms with Gasteiger partial charge in [-0.15, -0.1) is 11.3 Å². The molecule has 2 aliphatic rings. The molecular formula is C13H21N3S. The normalized spacial score (nSPS) is 33.8. The summed E-state index contributed by atoms with van der Waals surface area (Å²) in [7, 11) is 0. The summed E-state index contributed by atoms with van der Waals surface area (Å²) in [4.78, 5) is 8.03. The summed E-state index contributed by atoms with van der Waals surface area (Å²) >= 11 is 1.63. The second kappa shape index (κ2) is 4.25. The molecule has 94 valence electrons. The molecule has 0 amide bonds. The van der Waals surface area contributed by atoms with Crippen molar-refractivity contribution in [3.8, 4) is 0 Å². The van der Waals surface area contributed by atoms with Crippen molar-refractivity contribution >= 4 is 16.5 Å². The van der Waals surface area contributed by atoms with E-state index in [-0.39, 0.29) is 0 Å². The SMILES string of the molecule is CC1CCC2(CCN(Cc3cnc(N)s3)C2)C1. The number of hydrogen-bond donors (Lipinski definition) is 1. The summed E-state index contributed by atoms with van der Waals surface area (Å²) in [6.45, 7) is 5.99. The topological polar surface area (TPSA) is 42.2 Å². The Bertz CT molecular complexity index is 403. The van der Waals surface area contributed by atoms with Crippen LogP contribution in [-0.2, 0) is 6.54 Å². The van der Waals surface area contributed by atoms with E-state index >= 15 is 0 Å². The highest BCUT2D eigenvalue weighted by molar-refractivity contribution is 7.15. The zero-order chi connectivity index (χ0) is 11.9. The summed E-state index contributed by atoms with van der Waals surface area (Å²) in [6, 6.07) is 0. The van der Waals surface area contributed by atoms with Crippen molar-refractivity contribution in [2.45, 2.75) is 39.2 Å². The van der Waals surface area contributed by atoms with E-state index in [1.807, 2.05) is 6.20 Å². The lowest BCUT2D eigenvalue weighted by Gasteiger charge is -2.23. The van der Waals surface area contributed by atoms with Gasteiger partial charge in [0, 0.05) is 24.2 Å². The Morgan fingerprint density at radius 1 is 1.59 bits per heavy atom. The number of thiazole rings is 1. The predicted octanol–water partition coefficient (Wildman–Crippen LogP) is 2.74. The molecule has 2 N–H and O–H groups in total. The van der Waals surface area contributed by atoms with E-state index in [2.05, 4.69) is 16.8 Å². The Kier molecular flexibility index (Phi) is 2.87. The van der Waals surface area contributed by atoms with E-state index in [9.17, 15) is 0 Å². The van der Waals surface area contributed by atoms with Gasteiger partial charge in [-0.25, -0.2) is 4.98 Å². The third-order valence-corrected chi connectivity index (χ3v) is 5.23. The molecule has 1 aromatic rings. The minimum absolute atomic E-state index is 0.648. The number of rotatable bonds is 2. The smallest absolute Gasteiger partial charge is 0.180 e. The number of likely N-dealkylation sites (tertiary alicyclic amines) is 1. The Labute approximate surface area is 107 Å². The summed E-state index contributed by atoms with van der Waals surface area (Å²) in [5.74, 6) is 0.939. The molecule has 17 heavy (non-hydrogen) atoms. The van der Waals surface area contributed by atoms with E-state index in [1.54, 1.807) is 11.3 Å². The molecule has 2 fully saturated rings. The van der Waals surface area contributed by atoms with Gasteiger partial charge < -0.3 is 5.73 Å². The van der Waals surface area contributed by atoms with Crippen LogP contribution in [0.25, 0.3) is 0 Å². The van der Waals surface area contributed by atoms with Gasteiger partial charge in [0.1, 0.15) is 0 Å². The quantitative estimate of drug-likeness (QED) is 0.879. The van der Waals surface area contributed by atoms with Gasteiger partial charge in [0.25, 0.3) is 0 Å². The fourth-order valence-electron chi connectivity index (χ4n) is 3.65. The maximum atomic E-state index is 5.68. The van der Waals surface area contributed by atoms with Crippen LogP contribution >= 0.6 is 11.3 Å². The van der Waals surface area contributed by atoms with Gasteiger partial charge in [0.2, 0.25) is 0 Å². The number of anilines is 1. The van der Waals surface area contributed by atoms with Crippen LogP contribution in [0.4, 0.5) is 5.13 Å². The van der Waals surface area contributed by atoms with Crippen molar-refractivity contribution in [3.63, 3.8) is 0 Å². The molecular weight excluding hydrogens is 230 g/mol. The van der Waals surface area contributed by atoms with Crippen molar-refractivity contribution in [2.75, 3.05) is 18.8 Å². The lowest BCUT2D eigenvalue weighted by atomic mass is 9.85. The maximum Gasteiger partial charge on any atom is 0.180 e. The summed E-state index contributed by atoms with van der Waals surface area (Å²) < 4.78 is 0. The molecule has 2 unspecified atom stereocenters. The lowest BCUT2D eigenvalue weighted by molar-refractivity contribution is 0.252. The molecule has 1 saturated carbocycles. The molecule has 1 aliphatic carbocycles. The molecule has 2 atom stereocenters. The van der Waals surface area contributed by atoms with Crippen LogP contribution in [0.1, 0.15) is 37.5 Å². The minimum Gasteiger partial charge on any atom is -0.375 e. The van der Waals surface area contributed by atoms with E-state index < -0.39 is 0 Å². The highest BCUT2D eigenvalue weighted by Gasteiger charge is 2.42. The number of hydrogen-bond acceptors (Lipinski definition) is 4. The van der Waals surface area contributed by atoms with Gasteiger partial charge >= 0.3 is 0 Å². The maximum absolute atomic E-state index is 5.68. The fourth-order valence-corrected chi connectivity index (χ4v) is 4.37. The minimum atomic E-state index is 0.648. The molecule has 1 aromatic heterocycles. The molecule has 3 rings (SSSR count). The zero-order valence-electron chi connectivity index (χ0n) is 10.5. The van der Waals surface area contributed by atoms with E-state index in [1.165, 1.54) is 43.6 Å². The zero-order valence-corrected chi connectivity index (χ0v) is 11.3. The number of aromatic nitrogens is 1. The Morgan fingerprint density at radius 3 is 3.12 bits per heavy atom. The molecule has 1 spiro atoms. The highest BCUT2D eigenvalue weighted by Crippen LogP contribution is 2.48. The predicted molar refractivity (Wildman–Crippen MR) is 71.9 cm³/mol. The van der Waals surface area contributed by atoms with Crippen molar-refractivity contribution in [3.05, 3.63) is 11.1 Å². The Balaban J connectivity index is 1.61.